The van der Waals surface area contributed by atoms with Crippen LogP contribution in [0.5, 0.6) is 0 Å². The zero-order valence-corrected chi connectivity index (χ0v) is 19.4. The van der Waals surface area contributed by atoms with Crippen LogP contribution in [0.4, 0.5) is 0 Å². The summed E-state index contributed by atoms with van der Waals surface area (Å²) < 4.78 is 15.1. The summed E-state index contributed by atoms with van der Waals surface area (Å²) in [4.78, 5) is 0. The predicted molar refractivity (Wildman–Crippen MR) is 125 cm³/mol. The Morgan fingerprint density at radius 3 is 2.56 bits per heavy atom. The number of rotatable bonds is 1. The van der Waals surface area contributed by atoms with Gasteiger partial charge in [0, 0.05) is 26.4 Å². The highest BCUT2D eigenvalue weighted by atomic mass is 127. The van der Waals surface area contributed by atoms with Crippen molar-refractivity contribution in [2.24, 2.45) is 0 Å². The Hall–Kier alpha value is -1.28. The summed E-state index contributed by atoms with van der Waals surface area (Å²) in [5, 5.41) is 1.16. The number of aryl methyl sites for hydroxylation is 2. The summed E-state index contributed by atoms with van der Waals surface area (Å²) in [7, 11) is 0. The molecule has 1 atom stereocenters. The van der Waals surface area contributed by atoms with Gasteiger partial charge in [0.05, 0.1) is 9.13 Å². The minimum absolute atomic E-state index is 0.0999. The molecule has 0 amide bonds. The highest BCUT2D eigenvalue weighted by Crippen LogP contribution is 2.50. The van der Waals surface area contributed by atoms with Gasteiger partial charge in [-0.1, -0.05) is 37.3 Å². The van der Waals surface area contributed by atoms with E-state index in [1.165, 1.54) is 14.7 Å². The van der Waals surface area contributed by atoms with Gasteiger partial charge in [0.1, 0.15) is 22.9 Å². The van der Waals surface area contributed by atoms with Crippen molar-refractivity contribution < 1.29 is 8.83 Å². The molecule has 0 unspecified atom stereocenters. The Morgan fingerprint density at radius 1 is 1.00 bits per heavy atom. The molecule has 0 saturated carbocycles. The Morgan fingerprint density at radius 2 is 1.78 bits per heavy atom. The molecule has 2 heterocycles. The fourth-order valence-corrected chi connectivity index (χ4v) is 6.27. The van der Waals surface area contributed by atoms with Crippen LogP contribution in [-0.4, -0.2) is 0 Å². The standard InChI is InChI=1S/C23H18I2O2/c1-13-10-17-22(26-13)20-16-11-15(24)12-18(25)21(16)27-19(20)8-9-23(17,2)14-6-4-3-5-7-14/h3-7,10-12H,8-9H2,1-2H3/t23-/m1/s1. The summed E-state index contributed by atoms with van der Waals surface area (Å²) in [6.45, 7) is 4.37. The molecule has 0 aliphatic heterocycles. The third-order valence-corrected chi connectivity index (χ3v) is 7.15. The van der Waals surface area contributed by atoms with Crippen molar-refractivity contribution in [2.75, 3.05) is 0 Å². The van der Waals surface area contributed by atoms with Crippen molar-refractivity contribution in [3.05, 3.63) is 78.3 Å². The molecule has 4 aromatic rings. The molecule has 1 aliphatic rings. The Labute approximate surface area is 185 Å². The van der Waals surface area contributed by atoms with Crippen molar-refractivity contribution in [1.82, 2.24) is 0 Å². The van der Waals surface area contributed by atoms with Crippen LogP contribution in [0.1, 0.15) is 36.0 Å². The van der Waals surface area contributed by atoms with Crippen LogP contribution in [0.25, 0.3) is 22.3 Å². The van der Waals surface area contributed by atoms with Crippen molar-refractivity contribution in [3.8, 4) is 11.3 Å². The summed E-state index contributed by atoms with van der Waals surface area (Å²) in [5.74, 6) is 2.97. The third kappa shape index (κ3) is 2.70. The Balaban J connectivity index is 1.84. The first kappa shape index (κ1) is 17.8. The minimum Gasteiger partial charge on any atom is -0.461 e. The molecule has 4 heteroatoms. The van der Waals surface area contributed by atoms with Gasteiger partial charge in [-0.05, 0) is 82.3 Å². The molecule has 0 spiro atoms. The molecule has 0 bridgehead atoms. The lowest BCUT2D eigenvalue weighted by Gasteiger charge is -2.29. The second kappa shape index (κ2) is 6.37. The lowest BCUT2D eigenvalue weighted by molar-refractivity contribution is 0.477. The third-order valence-electron chi connectivity index (χ3n) is 5.72. The molecule has 0 fully saturated rings. The zero-order valence-electron chi connectivity index (χ0n) is 15.1. The first-order valence-corrected chi connectivity index (χ1v) is 11.2. The van der Waals surface area contributed by atoms with Gasteiger partial charge in [-0.25, -0.2) is 0 Å². The molecule has 27 heavy (non-hydrogen) atoms. The van der Waals surface area contributed by atoms with Gasteiger partial charge >= 0.3 is 0 Å². The topological polar surface area (TPSA) is 26.3 Å². The van der Waals surface area contributed by atoms with Gasteiger partial charge in [0.25, 0.3) is 0 Å². The molecule has 0 radical (unpaired) electrons. The van der Waals surface area contributed by atoms with E-state index in [4.69, 9.17) is 8.83 Å². The lowest BCUT2D eigenvalue weighted by atomic mass is 9.73. The van der Waals surface area contributed by atoms with E-state index in [1.54, 1.807) is 0 Å². The van der Waals surface area contributed by atoms with Crippen LogP contribution in [0.3, 0.4) is 0 Å². The first-order chi connectivity index (χ1) is 13.0. The molecule has 0 saturated heterocycles. The summed E-state index contributed by atoms with van der Waals surface area (Å²) in [5.41, 5.74) is 4.61. The second-order valence-corrected chi connectivity index (χ2v) is 9.87. The van der Waals surface area contributed by atoms with Gasteiger partial charge in [0.2, 0.25) is 0 Å². The number of hydrogen-bond donors (Lipinski definition) is 0. The summed E-state index contributed by atoms with van der Waals surface area (Å²) in [6, 6.07) is 17.4. The maximum atomic E-state index is 6.38. The van der Waals surface area contributed by atoms with Crippen LogP contribution >= 0.6 is 45.2 Å². The lowest BCUT2D eigenvalue weighted by Crippen LogP contribution is -2.23. The minimum atomic E-state index is -0.0999. The fourth-order valence-electron chi connectivity index (χ4n) is 4.31. The fraction of sp³-hybridized carbons (Fsp3) is 0.217. The van der Waals surface area contributed by atoms with Crippen LogP contribution in [0.2, 0.25) is 0 Å². The zero-order chi connectivity index (χ0) is 18.8. The van der Waals surface area contributed by atoms with Gasteiger partial charge in [-0.15, -0.1) is 0 Å². The van der Waals surface area contributed by atoms with Crippen molar-refractivity contribution in [1.29, 1.82) is 0 Å². The molecule has 1 aliphatic carbocycles. The summed E-state index contributed by atoms with van der Waals surface area (Å²) in [6.07, 6.45) is 1.88. The van der Waals surface area contributed by atoms with Gasteiger partial charge < -0.3 is 8.83 Å². The molecule has 2 nitrogen and oxygen atoms in total. The van der Waals surface area contributed by atoms with E-state index in [1.807, 2.05) is 6.92 Å². The van der Waals surface area contributed by atoms with Gasteiger partial charge in [-0.3, -0.25) is 0 Å². The van der Waals surface area contributed by atoms with Gasteiger partial charge in [0.15, 0.2) is 0 Å². The van der Waals surface area contributed by atoms with Crippen molar-refractivity contribution in [2.45, 2.75) is 32.1 Å². The average Bonchev–Trinajstić information content (AvgIpc) is 3.18. The number of benzene rings is 2. The SMILES string of the molecule is Cc1cc2c(o1)-c1c(oc3c(I)cc(I)cc13)CC[C@]2(C)c1ccccc1. The van der Waals surface area contributed by atoms with Crippen LogP contribution < -0.4 is 0 Å². The Kier molecular flexibility index (Phi) is 4.20. The van der Waals surface area contributed by atoms with Crippen molar-refractivity contribution in [3.63, 3.8) is 0 Å². The maximum Gasteiger partial charge on any atom is 0.148 e. The maximum absolute atomic E-state index is 6.38. The number of halogens is 2. The Bertz CT molecular complexity index is 1170. The van der Waals surface area contributed by atoms with Gasteiger partial charge in [-0.2, -0.15) is 0 Å². The van der Waals surface area contributed by atoms with E-state index in [0.717, 1.165) is 50.2 Å². The summed E-state index contributed by atoms with van der Waals surface area (Å²) >= 11 is 4.75. The molecule has 2 aromatic heterocycles. The van der Waals surface area contributed by atoms with Crippen molar-refractivity contribution >= 4 is 56.2 Å². The quantitative estimate of drug-likeness (QED) is 0.219. The second-order valence-electron chi connectivity index (χ2n) is 7.46. The molecule has 136 valence electrons. The molecule has 5 rings (SSSR count). The number of fused-ring (bicyclic) bond motifs is 5. The molecular weight excluding hydrogens is 562 g/mol. The average molecular weight is 580 g/mol. The van der Waals surface area contributed by atoms with E-state index in [-0.39, 0.29) is 5.41 Å². The number of furan rings is 2. The van der Waals surface area contributed by atoms with E-state index >= 15 is 0 Å². The molecule has 2 aromatic carbocycles. The van der Waals surface area contributed by atoms with Crippen LogP contribution in [0.15, 0.2) is 57.4 Å². The molecular formula is C23H18I2O2. The normalized spacial score (nSPS) is 19.0. The van der Waals surface area contributed by atoms with Crippen LogP contribution in [-0.2, 0) is 11.8 Å². The van der Waals surface area contributed by atoms with E-state index < -0.39 is 0 Å². The number of hydrogen-bond acceptors (Lipinski definition) is 2. The smallest absolute Gasteiger partial charge is 0.148 e. The highest BCUT2D eigenvalue weighted by molar-refractivity contribution is 14.1. The van der Waals surface area contributed by atoms with E-state index in [9.17, 15) is 0 Å². The first-order valence-electron chi connectivity index (χ1n) is 9.04. The monoisotopic (exact) mass is 580 g/mol. The van der Waals surface area contributed by atoms with E-state index in [0.29, 0.717) is 0 Å². The van der Waals surface area contributed by atoms with Crippen LogP contribution in [0, 0.1) is 14.1 Å². The van der Waals surface area contributed by atoms with E-state index in [2.05, 4.69) is 101 Å². The largest absolute Gasteiger partial charge is 0.461 e. The highest BCUT2D eigenvalue weighted by Gasteiger charge is 2.39. The molecule has 0 N–H and O–H groups in total. The predicted octanol–water partition coefficient (Wildman–Crippen LogP) is 7.46.